The molecule has 1 fully saturated rings. The van der Waals surface area contributed by atoms with Crippen LogP contribution >= 0.6 is 0 Å². The third-order valence-corrected chi connectivity index (χ3v) is 4.69. The van der Waals surface area contributed by atoms with Crippen molar-refractivity contribution >= 4 is 12.0 Å². The molecule has 0 heterocycles. The number of carbonyl (C=O) groups excluding carboxylic acids is 1. The van der Waals surface area contributed by atoms with E-state index in [1.165, 1.54) is 25.7 Å². The number of nitrogens with one attached hydrogen (secondary N) is 2. The summed E-state index contributed by atoms with van der Waals surface area (Å²) in [6.45, 7) is 3.01. The number of rotatable bonds is 5. The summed E-state index contributed by atoms with van der Waals surface area (Å²) in [5.74, 6) is 0.292. The molecule has 3 N–H and O–H groups in total. The first-order valence-electron chi connectivity index (χ1n) is 8.00. The molecule has 0 bridgehead atoms. The normalized spacial score (nSPS) is 31.9. The van der Waals surface area contributed by atoms with Gasteiger partial charge in [-0.15, -0.1) is 0 Å². The van der Waals surface area contributed by atoms with E-state index in [0.717, 1.165) is 18.3 Å². The number of carboxylic acid groups (broad SMARTS) is 1. The van der Waals surface area contributed by atoms with Crippen molar-refractivity contribution in [1.29, 1.82) is 0 Å². The molecule has 0 saturated heterocycles. The summed E-state index contributed by atoms with van der Waals surface area (Å²) in [5, 5.41) is 14.6. The van der Waals surface area contributed by atoms with Gasteiger partial charge in [0.15, 0.2) is 0 Å². The van der Waals surface area contributed by atoms with E-state index >= 15 is 0 Å². The smallest absolute Gasteiger partial charge is 0.315 e. The Morgan fingerprint density at radius 1 is 1.19 bits per heavy atom. The Labute approximate surface area is 126 Å². The van der Waals surface area contributed by atoms with Crippen LogP contribution in [0.1, 0.15) is 45.4 Å². The maximum Gasteiger partial charge on any atom is 0.315 e. The summed E-state index contributed by atoms with van der Waals surface area (Å²) < 4.78 is 0. The number of carbonyl (C=O) groups is 2. The van der Waals surface area contributed by atoms with E-state index < -0.39 is 11.9 Å². The third kappa shape index (κ3) is 5.06. The van der Waals surface area contributed by atoms with E-state index in [1.54, 1.807) is 12.2 Å². The van der Waals surface area contributed by atoms with E-state index in [9.17, 15) is 9.59 Å². The fourth-order valence-electron chi connectivity index (χ4n) is 3.22. The molecule has 5 heteroatoms. The molecule has 21 heavy (non-hydrogen) atoms. The Bertz CT molecular complexity index is 400. The van der Waals surface area contributed by atoms with Crippen LogP contribution in [0.15, 0.2) is 12.2 Å². The molecule has 2 aliphatic rings. The van der Waals surface area contributed by atoms with Crippen LogP contribution in [0.25, 0.3) is 0 Å². The summed E-state index contributed by atoms with van der Waals surface area (Å²) in [5.41, 5.74) is 0. The van der Waals surface area contributed by atoms with Crippen molar-refractivity contribution in [3.63, 3.8) is 0 Å². The van der Waals surface area contributed by atoms with Crippen LogP contribution in [0.4, 0.5) is 4.79 Å². The van der Waals surface area contributed by atoms with Crippen LogP contribution in [-0.4, -0.2) is 29.7 Å². The highest BCUT2D eigenvalue weighted by Gasteiger charge is 2.25. The Balaban J connectivity index is 1.58. The molecule has 2 unspecified atom stereocenters. The first-order chi connectivity index (χ1) is 10.0. The topological polar surface area (TPSA) is 78.4 Å². The molecule has 2 amide bonds. The lowest BCUT2D eigenvalue weighted by atomic mass is 9.81. The van der Waals surface area contributed by atoms with Crippen molar-refractivity contribution in [2.75, 3.05) is 6.54 Å². The number of carboxylic acids is 1. The summed E-state index contributed by atoms with van der Waals surface area (Å²) in [6, 6.07) is -0.360. The predicted octanol–water partition coefficient (Wildman–Crippen LogP) is 2.53. The molecule has 0 aromatic carbocycles. The zero-order valence-corrected chi connectivity index (χ0v) is 12.7. The molecule has 0 radical (unpaired) electrons. The highest BCUT2D eigenvalue weighted by Crippen LogP contribution is 2.29. The summed E-state index contributed by atoms with van der Waals surface area (Å²) in [4.78, 5) is 22.6. The van der Waals surface area contributed by atoms with Gasteiger partial charge in [0.05, 0.1) is 12.0 Å². The molecule has 2 atom stereocenters. The Hall–Kier alpha value is -1.52. The van der Waals surface area contributed by atoms with Gasteiger partial charge in [-0.05, 0) is 24.7 Å². The van der Waals surface area contributed by atoms with E-state index in [1.807, 2.05) is 0 Å². The minimum atomic E-state index is -0.831. The van der Waals surface area contributed by atoms with Gasteiger partial charge >= 0.3 is 12.0 Å². The average molecular weight is 294 g/mol. The van der Waals surface area contributed by atoms with Crippen LogP contribution in [0.5, 0.6) is 0 Å². The second kappa shape index (κ2) is 7.48. The standard InChI is InChI=1S/C16H26N2O3/c1-11-2-4-12(5-3-11)8-9-17-16(21)18-14-7-6-13(10-14)15(19)20/h6-7,11-14H,2-5,8-10H2,1H3,(H,19,20)(H2,17,18,21). The molecule has 0 spiro atoms. The van der Waals surface area contributed by atoms with Crippen molar-refractivity contribution in [1.82, 2.24) is 10.6 Å². The monoisotopic (exact) mass is 294 g/mol. The predicted molar refractivity (Wildman–Crippen MR) is 80.9 cm³/mol. The molecule has 2 aliphatic carbocycles. The Morgan fingerprint density at radius 2 is 1.90 bits per heavy atom. The van der Waals surface area contributed by atoms with E-state index in [2.05, 4.69) is 17.6 Å². The molecule has 0 aliphatic heterocycles. The minimum absolute atomic E-state index is 0.165. The number of urea groups is 1. The van der Waals surface area contributed by atoms with Crippen molar-refractivity contribution in [2.45, 2.75) is 51.5 Å². The lowest BCUT2D eigenvalue weighted by Gasteiger charge is -2.26. The number of hydrogen-bond donors (Lipinski definition) is 3. The first-order valence-corrected chi connectivity index (χ1v) is 8.00. The maximum atomic E-state index is 11.8. The van der Waals surface area contributed by atoms with E-state index in [4.69, 9.17) is 5.11 Å². The van der Waals surface area contributed by atoms with Crippen LogP contribution in [-0.2, 0) is 4.79 Å². The number of aliphatic carboxylic acids is 1. The van der Waals surface area contributed by atoms with E-state index in [-0.39, 0.29) is 12.1 Å². The fraction of sp³-hybridized carbons (Fsp3) is 0.750. The molecular weight excluding hydrogens is 268 g/mol. The number of amides is 2. The second-order valence-electron chi connectivity index (χ2n) is 6.49. The van der Waals surface area contributed by atoms with Gasteiger partial charge in [-0.3, -0.25) is 4.79 Å². The lowest BCUT2D eigenvalue weighted by Crippen LogP contribution is -2.41. The van der Waals surface area contributed by atoms with Crippen LogP contribution < -0.4 is 10.6 Å². The zero-order chi connectivity index (χ0) is 15.2. The largest absolute Gasteiger partial charge is 0.481 e. The van der Waals surface area contributed by atoms with Crippen LogP contribution in [0.3, 0.4) is 0 Å². The third-order valence-electron chi connectivity index (χ3n) is 4.69. The van der Waals surface area contributed by atoms with Gasteiger partial charge in [-0.1, -0.05) is 44.8 Å². The van der Waals surface area contributed by atoms with Gasteiger partial charge in [0.25, 0.3) is 0 Å². The Morgan fingerprint density at radius 3 is 2.52 bits per heavy atom. The fourth-order valence-corrected chi connectivity index (χ4v) is 3.22. The second-order valence-corrected chi connectivity index (χ2v) is 6.49. The maximum absolute atomic E-state index is 11.8. The van der Waals surface area contributed by atoms with Gasteiger partial charge in [0.1, 0.15) is 0 Å². The van der Waals surface area contributed by atoms with Gasteiger partial charge in [0.2, 0.25) is 0 Å². The van der Waals surface area contributed by atoms with Crippen molar-refractivity contribution in [3.8, 4) is 0 Å². The van der Waals surface area contributed by atoms with Gasteiger partial charge in [-0.2, -0.15) is 0 Å². The number of hydrogen-bond acceptors (Lipinski definition) is 2. The van der Waals surface area contributed by atoms with Crippen LogP contribution in [0.2, 0.25) is 0 Å². The SMILES string of the molecule is CC1CCC(CCNC(=O)NC2C=CC(C(=O)O)C2)CC1. The average Bonchev–Trinajstić information content (AvgIpc) is 2.90. The molecule has 0 aromatic rings. The first kappa shape index (κ1) is 15.9. The van der Waals surface area contributed by atoms with E-state index in [0.29, 0.717) is 13.0 Å². The van der Waals surface area contributed by atoms with Gasteiger partial charge in [-0.25, -0.2) is 4.79 Å². The molecule has 0 aromatic heterocycles. The molecule has 1 saturated carbocycles. The van der Waals surface area contributed by atoms with Gasteiger partial charge < -0.3 is 15.7 Å². The zero-order valence-electron chi connectivity index (χ0n) is 12.7. The molecular formula is C16H26N2O3. The van der Waals surface area contributed by atoms with Crippen molar-refractivity contribution in [2.24, 2.45) is 17.8 Å². The Kier molecular flexibility index (Phi) is 5.65. The highest BCUT2D eigenvalue weighted by molar-refractivity contribution is 5.76. The molecule has 118 valence electrons. The molecule has 2 rings (SSSR count). The van der Waals surface area contributed by atoms with Crippen molar-refractivity contribution in [3.05, 3.63) is 12.2 Å². The minimum Gasteiger partial charge on any atom is -0.481 e. The summed E-state index contributed by atoms with van der Waals surface area (Å²) in [7, 11) is 0. The van der Waals surface area contributed by atoms with Gasteiger partial charge in [0, 0.05) is 6.54 Å². The quantitative estimate of drug-likeness (QED) is 0.682. The summed E-state index contributed by atoms with van der Waals surface area (Å²) in [6.07, 6.45) is 10.1. The summed E-state index contributed by atoms with van der Waals surface area (Å²) >= 11 is 0. The lowest BCUT2D eigenvalue weighted by molar-refractivity contribution is -0.140. The van der Waals surface area contributed by atoms with Crippen molar-refractivity contribution < 1.29 is 14.7 Å². The highest BCUT2D eigenvalue weighted by atomic mass is 16.4. The van der Waals surface area contributed by atoms with Crippen LogP contribution in [0, 0.1) is 17.8 Å². The molecule has 5 nitrogen and oxygen atoms in total.